The molecule has 0 unspecified atom stereocenters. The number of halogens is 2. The van der Waals surface area contributed by atoms with Crippen molar-refractivity contribution in [2.75, 3.05) is 0 Å². The first-order valence-corrected chi connectivity index (χ1v) is 16.6. The zero-order chi connectivity index (χ0) is 11.3. The van der Waals surface area contributed by atoms with Gasteiger partial charge in [0.05, 0.1) is 0 Å². The van der Waals surface area contributed by atoms with E-state index in [1.54, 1.807) is 0 Å². The van der Waals surface area contributed by atoms with Crippen LogP contribution in [0.5, 0.6) is 0 Å². The summed E-state index contributed by atoms with van der Waals surface area (Å²) in [6, 6.07) is 0. The number of hydrogen-bond donors (Lipinski definition) is 0. The van der Waals surface area contributed by atoms with Gasteiger partial charge in [0.2, 0.25) is 0 Å². The van der Waals surface area contributed by atoms with E-state index in [2.05, 4.69) is 56.8 Å². The van der Waals surface area contributed by atoms with Crippen LogP contribution >= 0.6 is 30.6 Å². The van der Waals surface area contributed by atoms with E-state index in [1.807, 2.05) is 0 Å². The van der Waals surface area contributed by atoms with Gasteiger partial charge in [0, 0.05) is 0 Å². The first-order chi connectivity index (χ1) is 6.72. The smallest absolute Gasteiger partial charge is 0.126 e. The van der Waals surface area contributed by atoms with Crippen LogP contribution < -0.4 is 0 Å². The third-order valence-electron chi connectivity index (χ3n) is 5.67. The molecular formula is C11H20Br2Si2. The van der Waals surface area contributed by atoms with Gasteiger partial charge in [-0.3, -0.25) is 0 Å². The molecule has 3 fully saturated rings. The fraction of sp³-hybridized carbons (Fsp3) is 1.00. The first kappa shape index (κ1) is 11.5. The Morgan fingerprint density at radius 1 is 0.867 bits per heavy atom. The largest absolute Gasteiger partial charge is 0.131 e. The van der Waals surface area contributed by atoms with Gasteiger partial charge < -0.3 is 0 Å². The lowest BCUT2D eigenvalue weighted by molar-refractivity contribution is 0.344. The van der Waals surface area contributed by atoms with Gasteiger partial charge in [-0.15, -0.1) is 30.6 Å². The summed E-state index contributed by atoms with van der Waals surface area (Å²) in [6.45, 7) is 7.90. The van der Waals surface area contributed by atoms with Crippen molar-refractivity contribution >= 4 is 44.0 Å². The van der Waals surface area contributed by atoms with Crippen LogP contribution in [0.1, 0.15) is 19.3 Å². The molecule has 0 amide bonds. The fourth-order valence-electron chi connectivity index (χ4n) is 5.67. The molecule has 0 atom stereocenters. The quantitative estimate of drug-likeness (QED) is 0.469. The molecule has 0 aliphatic heterocycles. The molecule has 0 nitrogen and oxygen atoms in total. The third-order valence-corrected chi connectivity index (χ3v) is 16.0. The molecule has 0 aromatic heterocycles. The second-order valence-electron chi connectivity index (χ2n) is 6.72. The monoisotopic (exact) mass is 366 g/mol. The van der Waals surface area contributed by atoms with Gasteiger partial charge in [0.25, 0.3) is 0 Å². The topological polar surface area (TPSA) is 0 Å². The van der Waals surface area contributed by atoms with Crippen molar-refractivity contribution in [1.82, 2.24) is 0 Å². The lowest BCUT2D eigenvalue weighted by atomic mass is 9.88. The summed E-state index contributed by atoms with van der Waals surface area (Å²) >= 11 is 8.25. The van der Waals surface area contributed by atoms with Crippen LogP contribution in [-0.4, -0.2) is 13.4 Å². The summed E-state index contributed by atoms with van der Waals surface area (Å²) in [5.41, 5.74) is 0. The zero-order valence-electron chi connectivity index (χ0n) is 10.0. The molecule has 4 heteroatoms. The molecule has 0 spiro atoms. The van der Waals surface area contributed by atoms with Crippen molar-refractivity contribution in [3.8, 4) is 0 Å². The van der Waals surface area contributed by atoms with Crippen molar-refractivity contribution in [2.24, 2.45) is 11.8 Å². The Balaban J connectivity index is 2.04. The number of fused-ring (bicyclic) bond motifs is 2. The Morgan fingerprint density at radius 3 is 1.40 bits per heavy atom. The van der Waals surface area contributed by atoms with Gasteiger partial charge in [0.15, 0.2) is 0 Å². The van der Waals surface area contributed by atoms with Crippen molar-refractivity contribution < 1.29 is 0 Å². The Morgan fingerprint density at radius 2 is 1.20 bits per heavy atom. The standard InChI is InChI=1S/C11H20Br2Si2/c1-14(2,12)10-8-6-5-7-9(10)11(8,10)15(3,4)13/h8-9H,5-7H2,1-4H3. The van der Waals surface area contributed by atoms with Crippen molar-refractivity contribution in [3.05, 3.63) is 0 Å². The Kier molecular flexibility index (Phi) is 2.06. The molecule has 0 bridgehead atoms. The highest BCUT2D eigenvalue weighted by atomic mass is 79.9. The van der Waals surface area contributed by atoms with Crippen LogP contribution in [0.25, 0.3) is 0 Å². The SMILES string of the molecule is C[Si](C)(Br)C12C3CCCC1C32[Si](C)(C)Br. The highest BCUT2D eigenvalue weighted by Crippen LogP contribution is 3.13. The number of rotatable bonds is 2. The van der Waals surface area contributed by atoms with Gasteiger partial charge in [-0.25, -0.2) is 0 Å². The van der Waals surface area contributed by atoms with E-state index in [1.165, 1.54) is 19.3 Å². The summed E-state index contributed by atoms with van der Waals surface area (Å²) in [7, 11) is 0. The van der Waals surface area contributed by atoms with Crippen LogP contribution in [-0.2, 0) is 0 Å². The van der Waals surface area contributed by atoms with Crippen LogP contribution in [0.15, 0.2) is 0 Å². The number of hydrogen-bond acceptors (Lipinski definition) is 0. The second kappa shape index (κ2) is 2.70. The molecule has 0 aromatic carbocycles. The maximum atomic E-state index is 4.13. The molecule has 3 saturated carbocycles. The van der Waals surface area contributed by atoms with Crippen LogP contribution in [0.3, 0.4) is 0 Å². The molecule has 3 rings (SSSR count). The minimum absolute atomic E-state index is 0.817. The third kappa shape index (κ3) is 0.933. The normalized spacial score (nSPS) is 52.4. The molecule has 86 valence electrons. The zero-order valence-corrected chi connectivity index (χ0v) is 15.2. The van der Waals surface area contributed by atoms with Gasteiger partial charge in [0.1, 0.15) is 13.4 Å². The summed E-state index contributed by atoms with van der Waals surface area (Å²) in [5, 5.41) is 1.63. The first-order valence-electron chi connectivity index (χ1n) is 6.10. The van der Waals surface area contributed by atoms with Crippen LogP contribution in [0.2, 0.25) is 36.3 Å². The van der Waals surface area contributed by atoms with E-state index in [0.29, 0.717) is 0 Å². The predicted molar refractivity (Wildman–Crippen MR) is 79.0 cm³/mol. The summed E-state index contributed by atoms with van der Waals surface area (Å²) in [5.74, 6) is 2.21. The van der Waals surface area contributed by atoms with Crippen molar-refractivity contribution in [1.29, 1.82) is 0 Å². The minimum atomic E-state index is -1.13. The Hall–Kier alpha value is 1.39. The molecule has 15 heavy (non-hydrogen) atoms. The molecule has 0 heterocycles. The van der Waals surface area contributed by atoms with Gasteiger partial charge in [-0.1, -0.05) is 32.6 Å². The van der Waals surface area contributed by atoms with Gasteiger partial charge >= 0.3 is 0 Å². The predicted octanol–water partition coefficient (Wildman–Crippen LogP) is 5.11. The minimum Gasteiger partial charge on any atom is -0.126 e. The molecule has 0 aromatic rings. The molecule has 0 saturated heterocycles. The lowest BCUT2D eigenvalue weighted by Gasteiger charge is -2.35. The van der Waals surface area contributed by atoms with E-state index in [0.717, 1.165) is 21.9 Å². The highest BCUT2D eigenvalue weighted by Gasteiger charge is 3.03. The molecular weight excluding hydrogens is 348 g/mol. The van der Waals surface area contributed by atoms with Crippen molar-refractivity contribution in [3.63, 3.8) is 0 Å². The van der Waals surface area contributed by atoms with Crippen LogP contribution in [0.4, 0.5) is 0 Å². The highest BCUT2D eigenvalue weighted by molar-refractivity contribution is 9.26. The van der Waals surface area contributed by atoms with E-state index in [4.69, 9.17) is 0 Å². The average molecular weight is 368 g/mol. The van der Waals surface area contributed by atoms with E-state index in [-0.39, 0.29) is 0 Å². The molecule has 3 aliphatic rings. The second-order valence-corrected chi connectivity index (χ2v) is 26.2. The van der Waals surface area contributed by atoms with Gasteiger partial charge in [-0.05, 0) is 34.8 Å². The van der Waals surface area contributed by atoms with E-state index in [9.17, 15) is 0 Å². The van der Waals surface area contributed by atoms with E-state index >= 15 is 0 Å². The maximum Gasteiger partial charge on any atom is 0.131 e. The van der Waals surface area contributed by atoms with Crippen molar-refractivity contribution in [2.45, 2.75) is 55.5 Å². The van der Waals surface area contributed by atoms with Gasteiger partial charge in [-0.2, -0.15) is 0 Å². The van der Waals surface area contributed by atoms with Crippen LogP contribution in [0, 0.1) is 11.8 Å². The summed E-state index contributed by atoms with van der Waals surface area (Å²) in [6.07, 6.45) is 4.56. The summed E-state index contributed by atoms with van der Waals surface area (Å²) < 4.78 is 0. The fourth-order valence-corrected chi connectivity index (χ4v) is 21.4. The summed E-state index contributed by atoms with van der Waals surface area (Å²) in [4.78, 5) is 0. The van der Waals surface area contributed by atoms with E-state index < -0.39 is 13.4 Å². The Bertz CT molecular complexity index is 286. The molecule has 3 aliphatic carbocycles. The maximum absolute atomic E-state index is 4.13. The Labute approximate surface area is 111 Å². The average Bonchev–Trinajstić information content (AvgIpc) is 2.86. The molecule has 0 N–H and O–H groups in total. The molecule has 0 radical (unpaired) electrons. The lowest BCUT2D eigenvalue weighted by Crippen LogP contribution is -2.32.